The summed E-state index contributed by atoms with van der Waals surface area (Å²) in [7, 11) is 0. The van der Waals surface area contributed by atoms with Gasteiger partial charge in [0, 0.05) is 10.2 Å². The molecule has 0 bridgehead atoms. The van der Waals surface area contributed by atoms with Gasteiger partial charge in [0.15, 0.2) is 6.61 Å². The largest absolute Gasteiger partial charge is 0.484 e. The first-order valence-corrected chi connectivity index (χ1v) is 9.57. The minimum atomic E-state index is -0.307. The van der Waals surface area contributed by atoms with Crippen LogP contribution in [0.5, 0.6) is 5.75 Å². The zero-order valence-electron chi connectivity index (χ0n) is 15.3. The molecule has 0 unspecified atom stereocenters. The third-order valence-corrected chi connectivity index (χ3v) is 4.50. The molecule has 0 fully saturated rings. The topological polar surface area (TPSA) is 79.8 Å². The fraction of sp³-hybridized carbons (Fsp3) is 0.0455. The lowest BCUT2D eigenvalue weighted by molar-refractivity contribution is -0.118. The maximum absolute atomic E-state index is 12.1. The summed E-state index contributed by atoms with van der Waals surface area (Å²) in [5, 5.41) is 6.71. The maximum Gasteiger partial charge on any atom is 0.272 e. The van der Waals surface area contributed by atoms with Gasteiger partial charge in [-0.25, -0.2) is 5.43 Å². The first-order valence-electron chi connectivity index (χ1n) is 8.77. The highest BCUT2D eigenvalue weighted by Crippen LogP contribution is 2.15. The lowest BCUT2D eigenvalue weighted by Crippen LogP contribution is -2.20. The van der Waals surface area contributed by atoms with Crippen molar-refractivity contribution < 1.29 is 14.3 Å². The molecule has 7 heteroatoms. The number of nitrogens with one attached hydrogen (secondary N) is 2. The van der Waals surface area contributed by atoms with E-state index in [9.17, 15) is 9.59 Å². The van der Waals surface area contributed by atoms with Crippen molar-refractivity contribution in [3.63, 3.8) is 0 Å². The summed E-state index contributed by atoms with van der Waals surface area (Å²) < 4.78 is 6.18. The summed E-state index contributed by atoms with van der Waals surface area (Å²) >= 11 is 3.33. The quantitative estimate of drug-likeness (QED) is 0.416. The molecule has 0 aliphatic carbocycles. The number of para-hydroxylation sites is 1. The predicted octanol–water partition coefficient (Wildman–Crippen LogP) is 4.23. The molecule has 29 heavy (non-hydrogen) atoms. The van der Waals surface area contributed by atoms with Gasteiger partial charge in [-0.15, -0.1) is 0 Å². The molecule has 2 N–H and O–H groups in total. The Bertz CT molecular complexity index is 1010. The maximum atomic E-state index is 12.1. The Morgan fingerprint density at radius 2 is 1.62 bits per heavy atom. The number of hydrogen-bond donors (Lipinski definition) is 2. The van der Waals surface area contributed by atoms with Crippen LogP contribution in [0.15, 0.2) is 88.4 Å². The van der Waals surface area contributed by atoms with Crippen molar-refractivity contribution in [1.29, 1.82) is 0 Å². The van der Waals surface area contributed by atoms with Crippen molar-refractivity contribution in [2.24, 2.45) is 5.10 Å². The summed E-state index contributed by atoms with van der Waals surface area (Å²) in [4.78, 5) is 24.0. The molecule has 0 heterocycles. The molecule has 0 atom stereocenters. The smallest absolute Gasteiger partial charge is 0.272 e. The van der Waals surface area contributed by atoms with Crippen LogP contribution in [0.3, 0.4) is 0 Å². The highest BCUT2D eigenvalue weighted by Gasteiger charge is 2.07. The molecule has 0 aliphatic rings. The molecule has 6 nitrogen and oxygen atoms in total. The lowest BCUT2D eigenvalue weighted by Gasteiger charge is -2.07. The average Bonchev–Trinajstić information content (AvgIpc) is 2.74. The average molecular weight is 452 g/mol. The van der Waals surface area contributed by atoms with Crippen molar-refractivity contribution in [3.05, 3.63) is 94.5 Å². The van der Waals surface area contributed by atoms with Gasteiger partial charge in [0.1, 0.15) is 5.75 Å². The van der Waals surface area contributed by atoms with Gasteiger partial charge >= 0.3 is 0 Å². The van der Waals surface area contributed by atoms with E-state index >= 15 is 0 Å². The molecule has 3 rings (SSSR count). The van der Waals surface area contributed by atoms with Crippen LogP contribution in [-0.4, -0.2) is 24.6 Å². The van der Waals surface area contributed by atoms with Crippen molar-refractivity contribution in [2.45, 2.75) is 0 Å². The minimum absolute atomic E-state index is 0.0929. The molecule has 0 saturated carbocycles. The molecule has 0 radical (unpaired) electrons. The first-order chi connectivity index (χ1) is 14.1. The van der Waals surface area contributed by atoms with Gasteiger partial charge in [-0.1, -0.05) is 30.3 Å². The molecule has 0 aromatic heterocycles. The van der Waals surface area contributed by atoms with Crippen LogP contribution >= 0.6 is 15.9 Å². The van der Waals surface area contributed by atoms with E-state index in [4.69, 9.17) is 4.74 Å². The SMILES string of the molecule is O=C(COc1ccc(/C=N/NC(=O)c2ccccc2Br)cc1)Nc1ccccc1. The number of halogens is 1. The number of amides is 2. The molecular weight excluding hydrogens is 434 g/mol. The number of benzene rings is 3. The second kappa shape index (κ2) is 10.2. The second-order valence-electron chi connectivity index (χ2n) is 5.95. The van der Waals surface area contributed by atoms with Crippen molar-refractivity contribution >= 4 is 39.6 Å². The number of anilines is 1. The number of hydrogen-bond acceptors (Lipinski definition) is 4. The van der Waals surface area contributed by atoms with E-state index in [0.29, 0.717) is 15.8 Å². The third-order valence-electron chi connectivity index (χ3n) is 3.81. The van der Waals surface area contributed by atoms with Crippen molar-refractivity contribution in [3.8, 4) is 5.75 Å². The van der Waals surface area contributed by atoms with E-state index < -0.39 is 0 Å². The number of rotatable bonds is 7. The van der Waals surface area contributed by atoms with E-state index in [-0.39, 0.29) is 18.4 Å². The monoisotopic (exact) mass is 451 g/mol. The Hall–Kier alpha value is -3.45. The van der Waals surface area contributed by atoms with Gasteiger partial charge in [0.05, 0.1) is 11.8 Å². The summed E-state index contributed by atoms with van der Waals surface area (Å²) in [5.74, 6) is 0.0114. The highest BCUT2D eigenvalue weighted by molar-refractivity contribution is 9.10. The predicted molar refractivity (Wildman–Crippen MR) is 116 cm³/mol. The fourth-order valence-electron chi connectivity index (χ4n) is 2.39. The van der Waals surface area contributed by atoms with Crippen LogP contribution in [-0.2, 0) is 4.79 Å². The van der Waals surface area contributed by atoms with Gasteiger partial charge in [0.2, 0.25) is 0 Å². The number of hydrazone groups is 1. The Morgan fingerprint density at radius 1 is 0.931 bits per heavy atom. The normalized spacial score (nSPS) is 10.5. The lowest BCUT2D eigenvalue weighted by atomic mass is 10.2. The van der Waals surface area contributed by atoms with Crippen molar-refractivity contribution in [1.82, 2.24) is 5.43 Å². The van der Waals surface area contributed by atoms with Crippen LogP contribution in [0, 0.1) is 0 Å². The highest BCUT2D eigenvalue weighted by atomic mass is 79.9. The standard InChI is InChI=1S/C22H18BrN3O3/c23-20-9-5-4-8-19(20)22(28)26-24-14-16-10-12-18(13-11-16)29-15-21(27)25-17-6-2-1-3-7-17/h1-14H,15H2,(H,25,27)(H,26,28)/b24-14+. The molecule has 146 valence electrons. The summed E-state index contributed by atoms with van der Waals surface area (Å²) in [6.45, 7) is -0.0929. The summed E-state index contributed by atoms with van der Waals surface area (Å²) in [6.07, 6.45) is 1.53. The van der Waals surface area contributed by atoms with Crippen LogP contribution in [0.2, 0.25) is 0 Å². The van der Waals surface area contributed by atoms with Gasteiger partial charge in [-0.2, -0.15) is 5.10 Å². The Labute approximate surface area is 176 Å². The number of nitrogens with zero attached hydrogens (tertiary/aromatic N) is 1. The third kappa shape index (κ3) is 6.29. The molecule has 0 saturated heterocycles. The Kier molecular flexibility index (Phi) is 7.13. The molecule has 3 aromatic carbocycles. The summed E-state index contributed by atoms with van der Waals surface area (Å²) in [6, 6.07) is 23.3. The molecule has 0 aliphatic heterocycles. The van der Waals surface area contributed by atoms with E-state index in [1.165, 1.54) is 6.21 Å². The van der Waals surface area contributed by atoms with Crippen LogP contribution in [0.4, 0.5) is 5.69 Å². The number of carbonyl (C=O) groups is 2. The van der Waals surface area contributed by atoms with Gasteiger partial charge in [0.25, 0.3) is 11.8 Å². The van der Waals surface area contributed by atoms with E-state index in [1.807, 2.05) is 24.3 Å². The zero-order valence-corrected chi connectivity index (χ0v) is 16.9. The van der Waals surface area contributed by atoms with Gasteiger partial charge < -0.3 is 10.1 Å². The zero-order chi connectivity index (χ0) is 20.5. The van der Waals surface area contributed by atoms with Crippen LogP contribution < -0.4 is 15.5 Å². The minimum Gasteiger partial charge on any atom is -0.484 e. The molecule has 2 amide bonds. The van der Waals surface area contributed by atoms with E-state index in [0.717, 1.165) is 11.3 Å². The summed E-state index contributed by atoms with van der Waals surface area (Å²) in [5.41, 5.74) is 4.48. The van der Waals surface area contributed by atoms with Crippen LogP contribution in [0.1, 0.15) is 15.9 Å². The van der Waals surface area contributed by atoms with Crippen molar-refractivity contribution in [2.75, 3.05) is 11.9 Å². The Balaban J connectivity index is 1.47. The van der Waals surface area contributed by atoms with Gasteiger partial charge in [-0.05, 0) is 70.0 Å². The number of ether oxygens (including phenoxy) is 1. The van der Waals surface area contributed by atoms with Gasteiger partial charge in [-0.3, -0.25) is 9.59 Å². The Morgan fingerprint density at radius 3 is 2.34 bits per heavy atom. The molecular formula is C22H18BrN3O3. The molecule has 3 aromatic rings. The first kappa shape index (κ1) is 20.3. The molecule has 0 spiro atoms. The van der Waals surface area contributed by atoms with E-state index in [1.54, 1.807) is 54.6 Å². The second-order valence-corrected chi connectivity index (χ2v) is 6.81. The van der Waals surface area contributed by atoms with E-state index in [2.05, 4.69) is 31.8 Å². The fourth-order valence-corrected chi connectivity index (χ4v) is 2.85. The number of carbonyl (C=O) groups excluding carboxylic acids is 2. The van der Waals surface area contributed by atoms with Crippen LogP contribution in [0.25, 0.3) is 0 Å².